The maximum atomic E-state index is 13.0. The van der Waals surface area contributed by atoms with Crippen LogP contribution < -0.4 is 4.90 Å². The van der Waals surface area contributed by atoms with Crippen LogP contribution in [0.25, 0.3) is 0 Å². The van der Waals surface area contributed by atoms with Crippen LogP contribution >= 0.6 is 11.6 Å². The van der Waals surface area contributed by atoms with Gasteiger partial charge in [-0.25, -0.2) is 8.78 Å². The number of rotatable bonds is 5. The first-order valence-corrected chi connectivity index (χ1v) is 7.81. The van der Waals surface area contributed by atoms with Crippen LogP contribution in [0.2, 0.25) is 5.02 Å². The second-order valence-corrected chi connectivity index (χ2v) is 6.56. The average Bonchev–Trinajstić information content (AvgIpc) is 3.05. The van der Waals surface area contributed by atoms with Crippen LogP contribution in [0.3, 0.4) is 0 Å². The van der Waals surface area contributed by atoms with E-state index in [1.807, 2.05) is 6.07 Å². The van der Waals surface area contributed by atoms with Crippen LogP contribution in [-0.2, 0) is 4.79 Å². The number of alkyl halides is 2. The molecule has 1 aliphatic heterocycles. The van der Waals surface area contributed by atoms with Gasteiger partial charge in [0, 0.05) is 42.1 Å². The van der Waals surface area contributed by atoms with Crippen LogP contribution in [0.5, 0.6) is 0 Å². The summed E-state index contributed by atoms with van der Waals surface area (Å²) in [6, 6.07) is 8.96. The summed E-state index contributed by atoms with van der Waals surface area (Å²) in [5.74, 6) is -3.34. The summed E-state index contributed by atoms with van der Waals surface area (Å²) in [6.07, 6.45) is -0.0528. The van der Waals surface area contributed by atoms with Crippen molar-refractivity contribution >= 4 is 23.2 Å². The molecular weight excluding hydrogens is 324 g/mol. The van der Waals surface area contributed by atoms with E-state index < -0.39 is 11.8 Å². The number of anilines is 1. The summed E-state index contributed by atoms with van der Waals surface area (Å²) >= 11 is 5.94. The number of likely N-dealkylation sites (tertiary alicyclic amines) is 1. The molecule has 1 saturated heterocycles. The molecule has 0 radical (unpaired) electrons. The summed E-state index contributed by atoms with van der Waals surface area (Å²) in [7, 11) is 0. The summed E-state index contributed by atoms with van der Waals surface area (Å²) in [4.78, 5) is 15.5. The molecule has 1 heterocycles. The van der Waals surface area contributed by atoms with Crippen molar-refractivity contribution in [3.8, 4) is 6.07 Å². The van der Waals surface area contributed by atoms with Gasteiger partial charge in [-0.3, -0.25) is 4.79 Å². The molecule has 23 heavy (non-hydrogen) atoms. The van der Waals surface area contributed by atoms with Crippen LogP contribution in [0.15, 0.2) is 24.3 Å². The van der Waals surface area contributed by atoms with Crippen molar-refractivity contribution in [2.45, 2.75) is 12.3 Å². The highest BCUT2D eigenvalue weighted by atomic mass is 35.5. The largest absolute Gasteiger partial charge is 0.349 e. The minimum Gasteiger partial charge on any atom is -0.349 e. The third-order valence-corrected chi connectivity index (χ3v) is 4.70. The molecule has 1 amide bonds. The lowest BCUT2D eigenvalue weighted by Gasteiger charge is -2.40. The Kier molecular flexibility index (Phi) is 4.15. The van der Waals surface area contributed by atoms with E-state index in [4.69, 9.17) is 16.9 Å². The highest BCUT2D eigenvalue weighted by Gasteiger charge is 2.62. The highest BCUT2D eigenvalue weighted by Crippen LogP contribution is 2.54. The standard InChI is InChI=1S/C16H16ClF2N3O/c17-12-2-1-3-13(6-12)21(5-4-20)10-15(23)22-8-11(9-22)14-7-16(14,18)19/h1-3,6,11,14H,5,7-10H2. The first-order valence-electron chi connectivity index (χ1n) is 7.44. The van der Waals surface area contributed by atoms with Crippen LogP contribution in [0.4, 0.5) is 14.5 Å². The Hall–Kier alpha value is -1.87. The normalized spacial score (nSPS) is 22.2. The van der Waals surface area contributed by atoms with E-state index in [1.54, 1.807) is 34.1 Å². The van der Waals surface area contributed by atoms with Gasteiger partial charge in [-0.1, -0.05) is 17.7 Å². The SMILES string of the molecule is N#CCN(CC(=O)N1CC(C2CC2(F)F)C1)c1cccc(Cl)c1. The lowest BCUT2D eigenvalue weighted by atomic mass is 9.94. The fraction of sp³-hybridized carbons (Fsp3) is 0.500. The van der Waals surface area contributed by atoms with Crippen molar-refractivity contribution in [1.29, 1.82) is 5.26 Å². The third-order valence-electron chi connectivity index (χ3n) is 4.47. The Morgan fingerprint density at radius 1 is 1.48 bits per heavy atom. The van der Waals surface area contributed by atoms with Crippen molar-refractivity contribution in [2.75, 3.05) is 31.1 Å². The van der Waals surface area contributed by atoms with Gasteiger partial charge in [0.05, 0.1) is 12.6 Å². The molecule has 0 aromatic heterocycles. The van der Waals surface area contributed by atoms with Crippen molar-refractivity contribution < 1.29 is 13.6 Å². The number of halogens is 3. The van der Waals surface area contributed by atoms with Crippen LogP contribution in [0, 0.1) is 23.2 Å². The van der Waals surface area contributed by atoms with E-state index in [2.05, 4.69) is 0 Å². The monoisotopic (exact) mass is 339 g/mol. The number of amides is 1. The molecule has 1 unspecified atom stereocenters. The van der Waals surface area contributed by atoms with Gasteiger partial charge in [-0.05, 0) is 18.2 Å². The second kappa shape index (κ2) is 5.97. The maximum absolute atomic E-state index is 13.0. The smallest absolute Gasteiger partial charge is 0.252 e. The molecule has 2 aliphatic rings. The second-order valence-electron chi connectivity index (χ2n) is 6.12. The van der Waals surface area contributed by atoms with Gasteiger partial charge in [0.25, 0.3) is 5.92 Å². The number of nitriles is 1. The molecule has 2 fully saturated rings. The lowest BCUT2D eigenvalue weighted by molar-refractivity contribution is -0.137. The molecule has 1 aliphatic carbocycles. The Bertz CT molecular complexity index is 655. The molecule has 0 N–H and O–H groups in total. The fourth-order valence-electron chi connectivity index (χ4n) is 2.98. The van der Waals surface area contributed by atoms with Crippen molar-refractivity contribution in [1.82, 2.24) is 4.90 Å². The van der Waals surface area contributed by atoms with E-state index in [9.17, 15) is 13.6 Å². The van der Waals surface area contributed by atoms with E-state index in [0.29, 0.717) is 23.8 Å². The minimum absolute atomic E-state index is 0.0433. The fourth-order valence-corrected chi connectivity index (χ4v) is 3.16. The Labute approximate surface area is 138 Å². The maximum Gasteiger partial charge on any atom is 0.252 e. The number of carbonyl (C=O) groups is 1. The average molecular weight is 340 g/mol. The van der Waals surface area contributed by atoms with Gasteiger partial charge in [-0.2, -0.15) is 5.26 Å². The van der Waals surface area contributed by atoms with Gasteiger partial charge in [0.15, 0.2) is 0 Å². The number of carbonyl (C=O) groups excluding carboxylic acids is 1. The predicted octanol–water partition coefficient (Wildman–Crippen LogP) is 2.78. The quantitative estimate of drug-likeness (QED) is 0.775. The molecule has 0 spiro atoms. The topological polar surface area (TPSA) is 47.3 Å². The molecule has 7 heteroatoms. The van der Waals surface area contributed by atoms with E-state index in [-0.39, 0.29) is 31.3 Å². The van der Waals surface area contributed by atoms with Crippen LogP contribution in [0.1, 0.15) is 6.42 Å². The van der Waals surface area contributed by atoms with E-state index in [1.165, 1.54) is 0 Å². The van der Waals surface area contributed by atoms with E-state index in [0.717, 1.165) is 0 Å². The number of hydrogen-bond acceptors (Lipinski definition) is 3. The van der Waals surface area contributed by atoms with Crippen molar-refractivity contribution in [3.63, 3.8) is 0 Å². The third kappa shape index (κ3) is 3.40. The van der Waals surface area contributed by atoms with Crippen molar-refractivity contribution in [2.24, 2.45) is 11.8 Å². The van der Waals surface area contributed by atoms with E-state index >= 15 is 0 Å². The molecule has 1 saturated carbocycles. The summed E-state index contributed by atoms with van der Waals surface area (Å²) < 4.78 is 26.0. The summed E-state index contributed by atoms with van der Waals surface area (Å²) in [5.41, 5.74) is 0.693. The molecule has 1 aromatic carbocycles. The molecule has 122 valence electrons. The van der Waals surface area contributed by atoms with Gasteiger partial charge in [-0.15, -0.1) is 0 Å². The molecule has 3 rings (SSSR count). The summed E-state index contributed by atoms with van der Waals surface area (Å²) in [6.45, 7) is 0.871. The van der Waals surface area contributed by atoms with Gasteiger partial charge < -0.3 is 9.80 Å². The zero-order valence-corrected chi connectivity index (χ0v) is 13.1. The Morgan fingerprint density at radius 2 is 2.17 bits per heavy atom. The first kappa shape index (κ1) is 16.0. The minimum atomic E-state index is -2.53. The molecule has 1 atom stereocenters. The predicted molar refractivity (Wildman–Crippen MR) is 82.4 cm³/mol. The van der Waals surface area contributed by atoms with Crippen molar-refractivity contribution in [3.05, 3.63) is 29.3 Å². The number of benzene rings is 1. The zero-order chi connectivity index (χ0) is 16.6. The molecule has 1 aromatic rings. The van der Waals surface area contributed by atoms with Gasteiger partial charge in [0.2, 0.25) is 5.91 Å². The zero-order valence-electron chi connectivity index (χ0n) is 12.4. The lowest BCUT2D eigenvalue weighted by Crippen LogP contribution is -2.54. The number of nitrogens with zero attached hydrogens (tertiary/aromatic N) is 3. The van der Waals surface area contributed by atoms with Crippen LogP contribution in [-0.4, -0.2) is 42.9 Å². The molecule has 4 nitrogen and oxygen atoms in total. The van der Waals surface area contributed by atoms with Gasteiger partial charge in [0.1, 0.15) is 6.54 Å². The highest BCUT2D eigenvalue weighted by molar-refractivity contribution is 6.30. The molecular formula is C16H16ClF2N3O. The molecule has 0 bridgehead atoms. The Morgan fingerprint density at radius 3 is 2.74 bits per heavy atom. The Balaban J connectivity index is 1.57. The number of hydrogen-bond donors (Lipinski definition) is 0. The first-order chi connectivity index (χ1) is 10.9. The summed E-state index contributed by atoms with van der Waals surface area (Å²) in [5, 5.41) is 9.46. The van der Waals surface area contributed by atoms with Gasteiger partial charge >= 0.3 is 0 Å².